The van der Waals surface area contributed by atoms with Crippen molar-refractivity contribution in [1.82, 2.24) is 14.8 Å². The van der Waals surface area contributed by atoms with Gasteiger partial charge in [-0.15, -0.1) is 0 Å². The van der Waals surface area contributed by atoms with Crippen LogP contribution in [-0.4, -0.2) is 21.4 Å². The number of nitrogens with zero attached hydrogens (tertiary/aromatic N) is 3. The van der Waals surface area contributed by atoms with Crippen LogP contribution in [0.25, 0.3) is 11.0 Å². The summed E-state index contributed by atoms with van der Waals surface area (Å²) in [4.78, 5) is 4.53. The largest absolute Gasteiger partial charge is 0.377 e. The standard InChI is InChI=1S/C20H24ClN3O/c1-14(2)16-12-18(21)22-19-17(23-24(3)20(16)19)10-7-11-25-13-15-8-5-4-6-9-15/h4-6,8-9,12,14H,7,10-11,13H2,1-3H3. The highest BCUT2D eigenvalue weighted by atomic mass is 35.5. The zero-order valence-electron chi connectivity index (χ0n) is 15.0. The van der Waals surface area contributed by atoms with Gasteiger partial charge < -0.3 is 4.74 Å². The van der Waals surface area contributed by atoms with Crippen molar-refractivity contribution in [3.8, 4) is 0 Å². The Hall–Kier alpha value is -1.91. The van der Waals surface area contributed by atoms with E-state index in [0.29, 0.717) is 24.3 Å². The molecule has 0 saturated heterocycles. The molecule has 0 atom stereocenters. The molecule has 0 aliphatic carbocycles. The van der Waals surface area contributed by atoms with Crippen LogP contribution in [0.1, 0.15) is 43.0 Å². The number of aryl methyl sites for hydroxylation is 2. The molecule has 0 unspecified atom stereocenters. The van der Waals surface area contributed by atoms with Crippen molar-refractivity contribution >= 4 is 22.6 Å². The van der Waals surface area contributed by atoms with E-state index in [4.69, 9.17) is 16.3 Å². The molecule has 25 heavy (non-hydrogen) atoms. The van der Waals surface area contributed by atoms with Gasteiger partial charge in [-0.05, 0) is 36.0 Å². The molecule has 132 valence electrons. The highest BCUT2D eigenvalue weighted by Gasteiger charge is 2.16. The summed E-state index contributed by atoms with van der Waals surface area (Å²) in [5.74, 6) is 0.375. The number of pyridine rings is 1. The minimum Gasteiger partial charge on any atom is -0.377 e. The zero-order valence-corrected chi connectivity index (χ0v) is 15.8. The molecule has 0 aliphatic rings. The Morgan fingerprint density at radius 3 is 2.68 bits per heavy atom. The van der Waals surface area contributed by atoms with E-state index in [-0.39, 0.29) is 0 Å². The first kappa shape index (κ1) is 17.9. The van der Waals surface area contributed by atoms with Crippen LogP contribution in [0.2, 0.25) is 5.15 Å². The summed E-state index contributed by atoms with van der Waals surface area (Å²) in [6.07, 6.45) is 1.74. The van der Waals surface area contributed by atoms with E-state index in [1.54, 1.807) is 0 Å². The lowest BCUT2D eigenvalue weighted by atomic mass is 10.0. The van der Waals surface area contributed by atoms with Gasteiger partial charge in [-0.3, -0.25) is 4.68 Å². The van der Waals surface area contributed by atoms with Gasteiger partial charge in [0.15, 0.2) is 0 Å². The summed E-state index contributed by atoms with van der Waals surface area (Å²) in [6.45, 7) is 5.67. The quantitative estimate of drug-likeness (QED) is 0.446. The SMILES string of the molecule is CC(C)c1cc(Cl)nc2c(CCCOCc3ccccc3)nn(C)c12. The van der Waals surface area contributed by atoms with Gasteiger partial charge in [0, 0.05) is 13.7 Å². The average Bonchev–Trinajstić information content (AvgIpc) is 2.90. The van der Waals surface area contributed by atoms with Gasteiger partial charge in [0.25, 0.3) is 0 Å². The molecule has 3 rings (SSSR count). The summed E-state index contributed by atoms with van der Waals surface area (Å²) in [6, 6.07) is 12.2. The molecule has 0 aliphatic heterocycles. The van der Waals surface area contributed by atoms with E-state index >= 15 is 0 Å². The molecule has 0 spiro atoms. The third-order valence-electron chi connectivity index (χ3n) is 4.29. The van der Waals surface area contributed by atoms with E-state index in [0.717, 1.165) is 29.6 Å². The normalized spacial score (nSPS) is 11.6. The van der Waals surface area contributed by atoms with E-state index in [1.165, 1.54) is 11.1 Å². The minimum absolute atomic E-state index is 0.375. The maximum atomic E-state index is 6.23. The van der Waals surface area contributed by atoms with Crippen molar-refractivity contribution in [2.75, 3.05) is 6.61 Å². The number of hydrogen-bond donors (Lipinski definition) is 0. The fraction of sp³-hybridized carbons (Fsp3) is 0.400. The molecule has 0 N–H and O–H groups in total. The van der Waals surface area contributed by atoms with Gasteiger partial charge in [0.05, 0.1) is 17.8 Å². The van der Waals surface area contributed by atoms with Crippen LogP contribution < -0.4 is 0 Å². The first-order valence-corrected chi connectivity index (χ1v) is 9.07. The van der Waals surface area contributed by atoms with Crippen LogP contribution in [0.4, 0.5) is 0 Å². The Labute approximate surface area is 153 Å². The number of halogens is 1. The first-order valence-electron chi connectivity index (χ1n) is 8.70. The molecule has 2 aromatic heterocycles. The van der Waals surface area contributed by atoms with Crippen molar-refractivity contribution in [2.24, 2.45) is 7.05 Å². The molecule has 5 heteroatoms. The van der Waals surface area contributed by atoms with Crippen LogP contribution in [0.5, 0.6) is 0 Å². The number of benzene rings is 1. The van der Waals surface area contributed by atoms with E-state index in [2.05, 4.69) is 36.1 Å². The molecule has 3 aromatic rings. The Morgan fingerprint density at radius 1 is 1.20 bits per heavy atom. The topological polar surface area (TPSA) is 39.9 Å². The Kier molecular flexibility index (Phi) is 5.71. The Balaban J connectivity index is 1.66. The number of fused-ring (bicyclic) bond motifs is 1. The first-order chi connectivity index (χ1) is 12.1. The molecule has 0 amide bonds. The number of aromatic nitrogens is 3. The van der Waals surface area contributed by atoms with Crippen molar-refractivity contribution < 1.29 is 4.74 Å². The van der Waals surface area contributed by atoms with Crippen LogP contribution in [0.15, 0.2) is 36.4 Å². The van der Waals surface area contributed by atoms with E-state index < -0.39 is 0 Å². The fourth-order valence-electron chi connectivity index (χ4n) is 3.06. The predicted octanol–water partition coefficient (Wildman–Crippen LogP) is 4.89. The molecule has 2 heterocycles. The number of ether oxygens (including phenoxy) is 1. The molecular formula is C20H24ClN3O. The Morgan fingerprint density at radius 2 is 1.96 bits per heavy atom. The fourth-order valence-corrected chi connectivity index (χ4v) is 3.26. The van der Waals surface area contributed by atoms with E-state index in [9.17, 15) is 0 Å². The van der Waals surface area contributed by atoms with Crippen molar-refractivity contribution in [2.45, 2.75) is 39.2 Å². The molecule has 4 nitrogen and oxygen atoms in total. The smallest absolute Gasteiger partial charge is 0.130 e. The molecule has 0 fully saturated rings. The predicted molar refractivity (Wildman–Crippen MR) is 102 cm³/mol. The van der Waals surface area contributed by atoms with Gasteiger partial charge in [-0.1, -0.05) is 55.8 Å². The highest BCUT2D eigenvalue weighted by Crippen LogP contribution is 2.29. The number of rotatable bonds is 7. The van der Waals surface area contributed by atoms with Gasteiger partial charge in [-0.25, -0.2) is 4.98 Å². The third-order valence-corrected chi connectivity index (χ3v) is 4.49. The maximum Gasteiger partial charge on any atom is 0.130 e. The lowest BCUT2D eigenvalue weighted by Gasteiger charge is -2.08. The van der Waals surface area contributed by atoms with Crippen molar-refractivity contribution in [1.29, 1.82) is 0 Å². The van der Waals surface area contributed by atoms with Gasteiger partial charge in [-0.2, -0.15) is 5.10 Å². The summed E-state index contributed by atoms with van der Waals surface area (Å²) in [5.41, 5.74) is 5.38. The maximum absolute atomic E-state index is 6.23. The monoisotopic (exact) mass is 357 g/mol. The zero-order chi connectivity index (χ0) is 17.8. The summed E-state index contributed by atoms with van der Waals surface area (Å²) in [7, 11) is 1.97. The van der Waals surface area contributed by atoms with E-state index in [1.807, 2.05) is 36.0 Å². The minimum atomic E-state index is 0.375. The molecular weight excluding hydrogens is 334 g/mol. The van der Waals surface area contributed by atoms with Crippen LogP contribution in [0.3, 0.4) is 0 Å². The lowest BCUT2D eigenvalue weighted by molar-refractivity contribution is 0.118. The van der Waals surface area contributed by atoms with Crippen LogP contribution in [-0.2, 0) is 24.8 Å². The van der Waals surface area contributed by atoms with Crippen LogP contribution >= 0.6 is 11.6 Å². The van der Waals surface area contributed by atoms with Gasteiger partial charge >= 0.3 is 0 Å². The van der Waals surface area contributed by atoms with Crippen molar-refractivity contribution in [3.05, 3.63) is 58.4 Å². The highest BCUT2D eigenvalue weighted by molar-refractivity contribution is 6.29. The second-order valence-corrected chi connectivity index (χ2v) is 6.99. The van der Waals surface area contributed by atoms with Crippen LogP contribution in [0, 0.1) is 0 Å². The second kappa shape index (κ2) is 7.98. The summed E-state index contributed by atoms with van der Waals surface area (Å²) < 4.78 is 7.69. The molecule has 0 bridgehead atoms. The lowest BCUT2D eigenvalue weighted by Crippen LogP contribution is -1.99. The van der Waals surface area contributed by atoms with Crippen molar-refractivity contribution in [3.63, 3.8) is 0 Å². The molecule has 0 saturated carbocycles. The molecule has 1 aromatic carbocycles. The van der Waals surface area contributed by atoms with Gasteiger partial charge in [0.2, 0.25) is 0 Å². The number of hydrogen-bond acceptors (Lipinski definition) is 3. The Bertz CT molecular complexity index is 843. The second-order valence-electron chi connectivity index (χ2n) is 6.60. The average molecular weight is 358 g/mol. The van der Waals surface area contributed by atoms with Gasteiger partial charge in [0.1, 0.15) is 10.7 Å². The summed E-state index contributed by atoms with van der Waals surface area (Å²) >= 11 is 6.23. The third kappa shape index (κ3) is 4.20. The molecule has 0 radical (unpaired) electrons. The summed E-state index contributed by atoms with van der Waals surface area (Å²) in [5, 5.41) is 5.20.